The van der Waals surface area contributed by atoms with Crippen molar-refractivity contribution in [2.24, 2.45) is 22.4 Å². The molecule has 4 fully saturated rings. The third-order valence-electron chi connectivity index (χ3n) is 8.95. The van der Waals surface area contributed by atoms with Crippen molar-refractivity contribution in [1.82, 2.24) is 5.43 Å². The van der Waals surface area contributed by atoms with Crippen molar-refractivity contribution < 1.29 is 14.3 Å². The van der Waals surface area contributed by atoms with Crippen LogP contribution in [0, 0.1) is 24.2 Å². The maximum atomic E-state index is 13.6. The van der Waals surface area contributed by atoms with Gasteiger partial charge in [0.1, 0.15) is 5.75 Å². The lowest BCUT2D eigenvalue weighted by molar-refractivity contribution is -0.149. The van der Waals surface area contributed by atoms with Crippen LogP contribution in [0.3, 0.4) is 0 Å². The fourth-order valence-electron chi connectivity index (χ4n) is 7.70. The molecule has 2 unspecified atom stereocenters. The number of hydrogen-bond donors (Lipinski definition) is 1. The van der Waals surface area contributed by atoms with Crippen molar-refractivity contribution in [3.05, 3.63) is 89.5 Å². The third kappa shape index (κ3) is 4.66. The summed E-state index contributed by atoms with van der Waals surface area (Å²) in [6.07, 6.45) is 8.33. The zero-order valence-electron chi connectivity index (χ0n) is 22.1. The first-order valence-corrected chi connectivity index (χ1v) is 13.6. The van der Waals surface area contributed by atoms with E-state index in [0.29, 0.717) is 17.6 Å². The molecule has 0 aliphatic heterocycles. The fourth-order valence-corrected chi connectivity index (χ4v) is 7.70. The molecule has 4 aliphatic rings. The van der Waals surface area contributed by atoms with E-state index in [2.05, 4.69) is 41.7 Å². The maximum absolute atomic E-state index is 13.6. The van der Waals surface area contributed by atoms with Gasteiger partial charge in [-0.1, -0.05) is 66.2 Å². The minimum absolute atomic E-state index is 0.0869. The number of nitrogens with one attached hydrogen (secondary N) is 1. The number of ether oxygens (including phenoxy) is 1. The number of amides is 1. The minimum atomic E-state index is -0.331. The molecule has 0 aromatic heterocycles. The Kier molecular flexibility index (Phi) is 6.17. The van der Waals surface area contributed by atoms with Crippen LogP contribution in [0.4, 0.5) is 0 Å². The number of hydrogen-bond acceptors (Lipinski definition) is 4. The Bertz CT molecular complexity index is 1360. The van der Waals surface area contributed by atoms with Gasteiger partial charge in [-0.3, -0.25) is 9.59 Å². The molecular weight excluding hydrogens is 472 g/mol. The first-order chi connectivity index (χ1) is 18.3. The highest BCUT2D eigenvalue weighted by atomic mass is 16.5. The van der Waals surface area contributed by atoms with Crippen LogP contribution in [0.15, 0.2) is 77.9 Å². The zero-order chi connectivity index (χ0) is 26.3. The summed E-state index contributed by atoms with van der Waals surface area (Å²) < 4.78 is 5.11. The molecule has 4 saturated carbocycles. The molecule has 0 heterocycles. The van der Waals surface area contributed by atoms with Gasteiger partial charge in [-0.05, 0) is 97.1 Å². The number of carbonyl (C=O) groups excluding carboxylic acids is 2. The highest BCUT2D eigenvalue weighted by Gasteiger charge is 2.60. The van der Waals surface area contributed by atoms with Crippen LogP contribution in [-0.4, -0.2) is 18.1 Å². The van der Waals surface area contributed by atoms with Crippen molar-refractivity contribution in [3.8, 4) is 16.9 Å². The summed E-state index contributed by atoms with van der Waals surface area (Å²) in [6, 6.07) is 24.5. The number of rotatable bonds is 6. The molecule has 38 heavy (non-hydrogen) atoms. The van der Waals surface area contributed by atoms with Crippen molar-refractivity contribution in [1.29, 1.82) is 0 Å². The Morgan fingerprint density at radius 3 is 2.08 bits per heavy atom. The molecule has 3 aromatic carbocycles. The topological polar surface area (TPSA) is 67.8 Å². The molecule has 2 atom stereocenters. The van der Waals surface area contributed by atoms with Crippen LogP contribution in [0.25, 0.3) is 11.1 Å². The maximum Gasteiger partial charge on any atom is 0.308 e. The van der Waals surface area contributed by atoms with Gasteiger partial charge in [0.25, 0.3) is 0 Å². The van der Waals surface area contributed by atoms with E-state index < -0.39 is 0 Å². The monoisotopic (exact) mass is 506 g/mol. The van der Waals surface area contributed by atoms with Crippen LogP contribution in [-0.2, 0) is 15.0 Å². The van der Waals surface area contributed by atoms with Crippen molar-refractivity contribution in [2.45, 2.75) is 57.8 Å². The molecule has 0 saturated heterocycles. The molecule has 5 nitrogen and oxygen atoms in total. The van der Waals surface area contributed by atoms with Gasteiger partial charge in [0, 0.05) is 6.92 Å². The Morgan fingerprint density at radius 1 is 0.868 bits per heavy atom. The van der Waals surface area contributed by atoms with E-state index in [0.717, 1.165) is 36.0 Å². The van der Waals surface area contributed by atoms with Crippen LogP contribution >= 0.6 is 0 Å². The average molecular weight is 507 g/mol. The summed E-state index contributed by atoms with van der Waals surface area (Å²) in [5, 5.41) is 4.37. The number of esters is 1. The smallest absolute Gasteiger partial charge is 0.308 e. The van der Waals surface area contributed by atoms with E-state index in [-0.39, 0.29) is 22.7 Å². The summed E-state index contributed by atoms with van der Waals surface area (Å²) in [4.78, 5) is 24.7. The summed E-state index contributed by atoms with van der Waals surface area (Å²) in [6.45, 7) is 3.52. The first kappa shape index (κ1) is 24.6. The molecule has 194 valence electrons. The Balaban J connectivity index is 1.13. The Hall–Kier alpha value is -3.73. The van der Waals surface area contributed by atoms with Crippen LogP contribution in [0.5, 0.6) is 5.75 Å². The lowest BCUT2D eigenvalue weighted by Gasteiger charge is -2.61. The average Bonchev–Trinajstić information content (AvgIpc) is 2.89. The molecule has 1 amide bonds. The summed E-state index contributed by atoms with van der Waals surface area (Å²) >= 11 is 0. The van der Waals surface area contributed by atoms with Gasteiger partial charge >= 0.3 is 5.97 Å². The lowest BCUT2D eigenvalue weighted by atomic mass is 9.42. The van der Waals surface area contributed by atoms with Gasteiger partial charge in [0.2, 0.25) is 5.91 Å². The second kappa shape index (κ2) is 9.54. The second-order valence-corrected chi connectivity index (χ2v) is 11.8. The number of aryl methyl sites for hydroxylation is 1. The standard InChI is InChI=1S/C33H34N2O3/c1-22-3-11-29(12-4-22)32-16-25-15-26(17-32)19-33(18-25,21-32)31(37)35-34-20-24-5-7-27(8-6-24)28-9-13-30(14-10-28)38-23(2)36/h3-14,20,25-26H,15-19,21H2,1-2H3,(H,35,37)/b34-20+. The van der Waals surface area contributed by atoms with E-state index in [1.165, 1.54) is 37.3 Å². The number of hydrazone groups is 1. The van der Waals surface area contributed by atoms with Crippen molar-refractivity contribution in [3.63, 3.8) is 0 Å². The Labute approximate surface area is 224 Å². The number of benzene rings is 3. The van der Waals surface area contributed by atoms with Gasteiger partial charge in [-0.25, -0.2) is 5.43 Å². The molecule has 3 aromatic rings. The normalized spacial score (nSPS) is 27.4. The van der Waals surface area contributed by atoms with E-state index in [9.17, 15) is 9.59 Å². The predicted octanol–water partition coefficient (Wildman–Crippen LogP) is 6.58. The zero-order valence-corrected chi connectivity index (χ0v) is 22.1. The van der Waals surface area contributed by atoms with Crippen LogP contribution in [0.2, 0.25) is 0 Å². The summed E-state index contributed by atoms with van der Waals surface area (Å²) in [5.74, 6) is 1.54. The molecular formula is C33H34N2O3. The molecule has 5 heteroatoms. The van der Waals surface area contributed by atoms with Crippen molar-refractivity contribution in [2.75, 3.05) is 0 Å². The second-order valence-electron chi connectivity index (χ2n) is 11.8. The largest absolute Gasteiger partial charge is 0.427 e. The van der Waals surface area contributed by atoms with Crippen molar-refractivity contribution >= 4 is 18.1 Å². The first-order valence-electron chi connectivity index (χ1n) is 13.6. The van der Waals surface area contributed by atoms with E-state index in [1.807, 2.05) is 36.4 Å². The van der Waals surface area contributed by atoms with Gasteiger partial charge in [-0.15, -0.1) is 0 Å². The highest BCUT2D eigenvalue weighted by Crippen LogP contribution is 2.65. The molecule has 1 N–H and O–H groups in total. The minimum Gasteiger partial charge on any atom is -0.427 e. The van der Waals surface area contributed by atoms with E-state index in [4.69, 9.17) is 4.74 Å². The predicted molar refractivity (Wildman–Crippen MR) is 149 cm³/mol. The molecule has 0 radical (unpaired) electrons. The van der Waals surface area contributed by atoms with Gasteiger partial charge in [-0.2, -0.15) is 5.10 Å². The van der Waals surface area contributed by atoms with Gasteiger partial charge in [0.15, 0.2) is 0 Å². The van der Waals surface area contributed by atoms with Gasteiger partial charge < -0.3 is 4.74 Å². The SMILES string of the molecule is CC(=O)Oc1ccc(-c2ccc(/C=N/NC(=O)C34CC5CC(C3)CC(c3ccc(C)cc3)(C5)C4)cc2)cc1. The van der Waals surface area contributed by atoms with Crippen LogP contribution in [0.1, 0.15) is 62.1 Å². The molecule has 4 aliphatic carbocycles. The lowest BCUT2D eigenvalue weighted by Crippen LogP contribution is -2.58. The van der Waals surface area contributed by atoms with E-state index >= 15 is 0 Å². The van der Waals surface area contributed by atoms with Crippen LogP contribution < -0.4 is 10.2 Å². The highest BCUT2D eigenvalue weighted by molar-refractivity contribution is 5.86. The summed E-state index contributed by atoms with van der Waals surface area (Å²) in [5.41, 5.74) is 8.45. The molecule has 4 bridgehead atoms. The quantitative estimate of drug-likeness (QED) is 0.178. The van der Waals surface area contributed by atoms with Gasteiger partial charge in [0.05, 0.1) is 11.6 Å². The molecule has 7 rings (SSSR count). The van der Waals surface area contributed by atoms with E-state index in [1.54, 1.807) is 18.3 Å². The molecule has 0 spiro atoms. The number of carbonyl (C=O) groups is 2. The Morgan fingerprint density at radius 2 is 1.47 bits per heavy atom. The third-order valence-corrected chi connectivity index (χ3v) is 8.95. The number of nitrogens with zero attached hydrogens (tertiary/aromatic N) is 1. The summed E-state index contributed by atoms with van der Waals surface area (Å²) in [7, 11) is 0. The fraction of sp³-hybridized carbons (Fsp3) is 0.364.